The Morgan fingerprint density at radius 2 is 1.85 bits per heavy atom. The van der Waals surface area contributed by atoms with Crippen molar-refractivity contribution in [1.29, 1.82) is 0 Å². The van der Waals surface area contributed by atoms with E-state index in [0.29, 0.717) is 6.54 Å². The third kappa shape index (κ3) is 7.02. The van der Waals surface area contributed by atoms with Gasteiger partial charge < -0.3 is 15.5 Å². The second-order valence-corrected chi connectivity index (χ2v) is 6.79. The van der Waals surface area contributed by atoms with E-state index in [1.807, 2.05) is 24.4 Å². The summed E-state index contributed by atoms with van der Waals surface area (Å²) in [5.74, 6) is 0.852. The van der Waals surface area contributed by atoms with Crippen molar-refractivity contribution in [2.24, 2.45) is 4.99 Å². The zero-order valence-electron chi connectivity index (χ0n) is 17.1. The van der Waals surface area contributed by atoms with Crippen LogP contribution in [0.5, 0.6) is 0 Å². The normalized spacial score (nSPS) is 12.9. The second kappa shape index (κ2) is 11.3. The number of aryl methyl sites for hydroxylation is 1. The monoisotopic (exact) mass is 367 g/mol. The maximum Gasteiger partial charge on any atom is 0.191 e. The summed E-state index contributed by atoms with van der Waals surface area (Å²) in [6.45, 7) is 6.62. The van der Waals surface area contributed by atoms with Crippen LogP contribution in [-0.4, -0.2) is 49.6 Å². The van der Waals surface area contributed by atoms with E-state index in [2.05, 4.69) is 72.7 Å². The Bertz CT molecular complexity index is 680. The van der Waals surface area contributed by atoms with E-state index < -0.39 is 0 Å². The minimum Gasteiger partial charge on any atom is -0.357 e. The summed E-state index contributed by atoms with van der Waals surface area (Å²) in [6, 6.07) is 15.1. The van der Waals surface area contributed by atoms with E-state index in [-0.39, 0.29) is 6.04 Å². The molecule has 2 rings (SSSR count). The lowest BCUT2D eigenvalue weighted by molar-refractivity contribution is 0.306. The van der Waals surface area contributed by atoms with Crippen LogP contribution in [-0.2, 0) is 12.8 Å². The van der Waals surface area contributed by atoms with Crippen molar-refractivity contribution in [3.05, 3.63) is 65.5 Å². The maximum atomic E-state index is 4.82. The van der Waals surface area contributed by atoms with Crippen LogP contribution in [0.2, 0.25) is 0 Å². The number of rotatable bonds is 9. The molecule has 1 unspecified atom stereocenters. The number of guanidine groups is 1. The van der Waals surface area contributed by atoms with Crippen LogP contribution in [0.25, 0.3) is 0 Å². The van der Waals surface area contributed by atoms with Crippen LogP contribution in [0.1, 0.15) is 36.7 Å². The first-order chi connectivity index (χ1) is 13.1. The molecule has 0 saturated heterocycles. The number of nitrogens with zero attached hydrogens (tertiary/aromatic N) is 3. The van der Waals surface area contributed by atoms with Gasteiger partial charge in [0.25, 0.3) is 0 Å². The van der Waals surface area contributed by atoms with E-state index in [1.165, 1.54) is 11.1 Å². The number of aliphatic imine (C=N–C) groups is 1. The number of hydrogen-bond acceptors (Lipinski definition) is 3. The number of pyridine rings is 1. The lowest BCUT2D eigenvalue weighted by atomic mass is 10.0. The quantitative estimate of drug-likeness (QED) is 0.528. The van der Waals surface area contributed by atoms with Gasteiger partial charge in [-0.2, -0.15) is 0 Å². The van der Waals surface area contributed by atoms with E-state index in [1.54, 1.807) is 0 Å². The molecule has 0 aliphatic rings. The zero-order chi connectivity index (χ0) is 19.5. The molecular weight excluding hydrogens is 334 g/mol. The minimum atomic E-state index is 0.252. The van der Waals surface area contributed by atoms with Crippen LogP contribution in [0, 0.1) is 0 Å². The number of benzene rings is 1. The molecule has 27 heavy (non-hydrogen) atoms. The summed E-state index contributed by atoms with van der Waals surface area (Å²) >= 11 is 0. The molecule has 0 aliphatic carbocycles. The Kier molecular flexibility index (Phi) is 8.78. The number of hydrogen-bond donors (Lipinski definition) is 2. The van der Waals surface area contributed by atoms with E-state index in [9.17, 15) is 0 Å². The summed E-state index contributed by atoms with van der Waals surface area (Å²) in [5.41, 5.74) is 3.75. The highest BCUT2D eigenvalue weighted by molar-refractivity contribution is 5.79. The largest absolute Gasteiger partial charge is 0.357 e. The lowest BCUT2D eigenvalue weighted by Crippen LogP contribution is -2.39. The number of nitrogens with one attached hydrogen (secondary N) is 2. The molecule has 0 spiro atoms. The Hall–Kier alpha value is -2.40. The topological polar surface area (TPSA) is 52.6 Å². The van der Waals surface area contributed by atoms with Crippen molar-refractivity contribution in [2.75, 3.05) is 33.7 Å². The standard InChI is InChI=1S/C22H33N5/c1-5-18-10-12-19(13-11-18)21(27(3)4)17-26-22(23-6-2)25-16-14-20-9-7-8-15-24-20/h7-13,15,21H,5-6,14,16-17H2,1-4H3,(H2,23,25,26). The van der Waals surface area contributed by atoms with Crippen molar-refractivity contribution in [3.63, 3.8) is 0 Å². The summed E-state index contributed by atoms with van der Waals surface area (Å²) in [6.07, 6.45) is 3.77. The van der Waals surface area contributed by atoms with Gasteiger partial charge in [0.1, 0.15) is 0 Å². The van der Waals surface area contributed by atoms with Crippen molar-refractivity contribution >= 4 is 5.96 Å². The highest BCUT2D eigenvalue weighted by Crippen LogP contribution is 2.19. The fraction of sp³-hybridized carbons (Fsp3) is 0.455. The molecule has 0 bridgehead atoms. The minimum absolute atomic E-state index is 0.252. The summed E-state index contributed by atoms with van der Waals surface area (Å²) in [5, 5.41) is 6.75. The van der Waals surface area contributed by atoms with Gasteiger partial charge in [-0.3, -0.25) is 9.98 Å². The van der Waals surface area contributed by atoms with Crippen LogP contribution in [0.3, 0.4) is 0 Å². The number of likely N-dealkylation sites (N-methyl/N-ethyl adjacent to an activating group) is 1. The van der Waals surface area contributed by atoms with Crippen LogP contribution in [0.15, 0.2) is 53.7 Å². The summed E-state index contributed by atoms with van der Waals surface area (Å²) in [4.78, 5) is 11.4. The second-order valence-electron chi connectivity index (χ2n) is 6.79. The smallest absolute Gasteiger partial charge is 0.191 e. The Morgan fingerprint density at radius 3 is 2.44 bits per heavy atom. The predicted octanol–water partition coefficient (Wildman–Crippen LogP) is 3.04. The van der Waals surface area contributed by atoms with Gasteiger partial charge in [0.05, 0.1) is 12.6 Å². The Morgan fingerprint density at radius 1 is 1.07 bits per heavy atom. The van der Waals surface area contributed by atoms with E-state index in [4.69, 9.17) is 4.99 Å². The molecule has 146 valence electrons. The van der Waals surface area contributed by atoms with Crippen molar-refractivity contribution in [2.45, 2.75) is 32.7 Å². The molecule has 1 atom stereocenters. The van der Waals surface area contributed by atoms with Gasteiger partial charge >= 0.3 is 0 Å². The Labute approximate surface area is 163 Å². The van der Waals surface area contributed by atoms with Crippen molar-refractivity contribution in [1.82, 2.24) is 20.5 Å². The first kappa shape index (κ1) is 20.9. The third-order valence-electron chi connectivity index (χ3n) is 4.56. The van der Waals surface area contributed by atoms with Gasteiger partial charge in [-0.1, -0.05) is 37.3 Å². The first-order valence-corrected chi connectivity index (χ1v) is 9.81. The lowest BCUT2D eigenvalue weighted by Gasteiger charge is -2.24. The molecule has 1 heterocycles. The molecule has 0 saturated carbocycles. The summed E-state index contributed by atoms with van der Waals surface area (Å²) < 4.78 is 0. The summed E-state index contributed by atoms with van der Waals surface area (Å²) in [7, 11) is 4.21. The first-order valence-electron chi connectivity index (χ1n) is 9.81. The molecule has 0 fully saturated rings. The van der Waals surface area contributed by atoms with Crippen LogP contribution >= 0.6 is 0 Å². The molecular formula is C22H33N5. The number of aromatic nitrogens is 1. The van der Waals surface area contributed by atoms with Crippen molar-refractivity contribution in [3.8, 4) is 0 Å². The van der Waals surface area contributed by atoms with Gasteiger partial charge in [-0.05, 0) is 50.7 Å². The Balaban J connectivity index is 1.98. The van der Waals surface area contributed by atoms with Gasteiger partial charge in [0.15, 0.2) is 5.96 Å². The van der Waals surface area contributed by atoms with Crippen LogP contribution in [0.4, 0.5) is 0 Å². The molecule has 2 N–H and O–H groups in total. The molecule has 5 heteroatoms. The molecule has 0 amide bonds. The molecule has 0 radical (unpaired) electrons. The zero-order valence-corrected chi connectivity index (χ0v) is 17.1. The van der Waals surface area contributed by atoms with Crippen molar-refractivity contribution < 1.29 is 0 Å². The molecule has 5 nitrogen and oxygen atoms in total. The van der Waals surface area contributed by atoms with Gasteiger partial charge in [-0.15, -0.1) is 0 Å². The third-order valence-corrected chi connectivity index (χ3v) is 4.56. The average molecular weight is 368 g/mol. The highest BCUT2D eigenvalue weighted by atomic mass is 15.2. The SMILES string of the molecule is CCNC(=NCC(c1ccc(CC)cc1)N(C)C)NCCc1ccccn1. The molecule has 2 aromatic rings. The fourth-order valence-corrected chi connectivity index (χ4v) is 2.92. The van der Waals surface area contributed by atoms with Gasteiger partial charge in [-0.25, -0.2) is 0 Å². The molecule has 1 aromatic carbocycles. The fourth-order valence-electron chi connectivity index (χ4n) is 2.92. The molecule has 1 aromatic heterocycles. The molecule has 0 aliphatic heterocycles. The highest BCUT2D eigenvalue weighted by Gasteiger charge is 2.14. The predicted molar refractivity (Wildman–Crippen MR) is 114 cm³/mol. The maximum absolute atomic E-state index is 4.82. The van der Waals surface area contributed by atoms with Crippen LogP contribution < -0.4 is 10.6 Å². The van der Waals surface area contributed by atoms with E-state index in [0.717, 1.165) is 37.6 Å². The van der Waals surface area contributed by atoms with Gasteiger partial charge in [0, 0.05) is 31.4 Å². The van der Waals surface area contributed by atoms with E-state index >= 15 is 0 Å². The van der Waals surface area contributed by atoms with Gasteiger partial charge in [0.2, 0.25) is 0 Å². The average Bonchev–Trinajstić information content (AvgIpc) is 2.69.